The van der Waals surface area contributed by atoms with Gasteiger partial charge in [-0.15, -0.1) is 0 Å². The molecule has 0 unspecified atom stereocenters. The summed E-state index contributed by atoms with van der Waals surface area (Å²) in [5, 5.41) is 10.8. The van der Waals surface area contributed by atoms with Crippen LogP contribution in [0.4, 0.5) is 17.6 Å². The Hall–Kier alpha value is -2.15. The maximum Gasteiger partial charge on any atom is 0.227 e. The van der Waals surface area contributed by atoms with Crippen molar-refractivity contribution in [2.45, 2.75) is 62.9 Å². The van der Waals surface area contributed by atoms with Crippen LogP contribution in [0.15, 0.2) is 18.3 Å². The summed E-state index contributed by atoms with van der Waals surface area (Å²) in [7, 11) is 2.07. The summed E-state index contributed by atoms with van der Waals surface area (Å²) in [6.07, 6.45) is 9.99. The molecule has 2 aliphatic carbocycles. The van der Waals surface area contributed by atoms with Gasteiger partial charge in [-0.1, -0.05) is 6.42 Å². The fraction of sp³-hybridized carbons (Fsp3) is 0.611. The first-order valence-corrected chi connectivity index (χ1v) is 9.33. The highest BCUT2D eigenvalue weighted by Crippen LogP contribution is 2.36. The molecule has 4 N–H and O–H groups in total. The monoisotopic (exact) mass is 341 g/mol. The molecule has 2 fully saturated rings. The Morgan fingerprint density at radius 1 is 1.16 bits per heavy atom. The van der Waals surface area contributed by atoms with E-state index >= 15 is 0 Å². The van der Waals surface area contributed by atoms with Crippen LogP contribution in [0.2, 0.25) is 0 Å². The number of aromatic amines is 1. The molecule has 0 atom stereocenters. The van der Waals surface area contributed by atoms with Gasteiger partial charge in [0.15, 0.2) is 5.82 Å². The maximum absolute atomic E-state index is 6.01. The first-order valence-electron chi connectivity index (χ1n) is 9.33. The first kappa shape index (κ1) is 16.3. The van der Waals surface area contributed by atoms with Crippen LogP contribution in [0.1, 0.15) is 56.6 Å². The number of nitrogens with zero attached hydrogens (tertiary/aromatic N) is 4. The van der Waals surface area contributed by atoms with Crippen LogP contribution in [-0.4, -0.2) is 39.3 Å². The molecule has 25 heavy (non-hydrogen) atoms. The van der Waals surface area contributed by atoms with Gasteiger partial charge in [0.25, 0.3) is 0 Å². The number of anilines is 3. The molecule has 0 spiro atoms. The smallest absolute Gasteiger partial charge is 0.227 e. The van der Waals surface area contributed by atoms with Gasteiger partial charge in [-0.3, -0.25) is 5.10 Å². The Labute approximate surface area is 148 Å². The maximum atomic E-state index is 6.01. The molecule has 0 amide bonds. The number of hydrogen-bond donors (Lipinski definition) is 3. The van der Waals surface area contributed by atoms with Crippen molar-refractivity contribution in [1.82, 2.24) is 20.2 Å². The summed E-state index contributed by atoms with van der Waals surface area (Å²) in [4.78, 5) is 11.3. The van der Waals surface area contributed by atoms with Gasteiger partial charge in [-0.2, -0.15) is 10.1 Å². The molecule has 2 aromatic rings. The SMILES string of the molecule is CN(c1nccc(Nc2cc(C3CCC3)[nH]n2)n1)[C@H]1CC[C@H](N)CC1. The number of H-pyrrole nitrogens is 1. The molecular weight excluding hydrogens is 314 g/mol. The van der Waals surface area contributed by atoms with Gasteiger partial charge >= 0.3 is 0 Å². The van der Waals surface area contributed by atoms with Gasteiger partial charge in [-0.05, 0) is 44.6 Å². The molecule has 0 aliphatic heterocycles. The van der Waals surface area contributed by atoms with Crippen LogP contribution >= 0.6 is 0 Å². The number of nitrogens with two attached hydrogens (primary N) is 1. The number of nitrogens with one attached hydrogen (secondary N) is 2. The molecule has 0 aromatic carbocycles. The van der Waals surface area contributed by atoms with Gasteiger partial charge in [0.05, 0.1) is 0 Å². The van der Waals surface area contributed by atoms with E-state index in [-0.39, 0.29) is 0 Å². The van der Waals surface area contributed by atoms with E-state index in [0.717, 1.165) is 43.3 Å². The lowest BCUT2D eigenvalue weighted by molar-refractivity contribution is 0.382. The van der Waals surface area contributed by atoms with Gasteiger partial charge in [-0.25, -0.2) is 4.98 Å². The fourth-order valence-corrected chi connectivity index (χ4v) is 3.70. The quantitative estimate of drug-likeness (QED) is 0.774. The minimum Gasteiger partial charge on any atom is -0.341 e. The summed E-state index contributed by atoms with van der Waals surface area (Å²) >= 11 is 0. The lowest BCUT2D eigenvalue weighted by atomic mass is 9.83. The highest BCUT2D eigenvalue weighted by molar-refractivity contribution is 5.53. The van der Waals surface area contributed by atoms with Crippen LogP contribution < -0.4 is 16.0 Å². The minimum absolute atomic E-state index is 0.350. The zero-order valence-electron chi connectivity index (χ0n) is 14.8. The van der Waals surface area contributed by atoms with E-state index in [9.17, 15) is 0 Å². The second kappa shape index (κ2) is 7.00. The van der Waals surface area contributed by atoms with Crippen molar-refractivity contribution >= 4 is 17.6 Å². The Morgan fingerprint density at radius 3 is 2.68 bits per heavy atom. The third-order valence-electron chi connectivity index (χ3n) is 5.65. The Morgan fingerprint density at radius 2 is 1.96 bits per heavy atom. The van der Waals surface area contributed by atoms with Crippen LogP contribution in [0, 0.1) is 0 Å². The van der Waals surface area contributed by atoms with Crippen molar-refractivity contribution in [2.24, 2.45) is 5.73 Å². The first-order chi connectivity index (χ1) is 12.2. The number of aromatic nitrogens is 4. The summed E-state index contributed by atoms with van der Waals surface area (Å²) in [5.41, 5.74) is 7.23. The number of hydrogen-bond acceptors (Lipinski definition) is 6. The average molecular weight is 341 g/mol. The van der Waals surface area contributed by atoms with Crippen molar-refractivity contribution in [3.05, 3.63) is 24.0 Å². The van der Waals surface area contributed by atoms with Crippen molar-refractivity contribution in [3.8, 4) is 0 Å². The van der Waals surface area contributed by atoms with Crippen LogP contribution in [-0.2, 0) is 0 Å². The lowest BCUT2D eigenvalue weighted by Gasteiger charge is -2.33. The van der Waals surface area contributed by atoms with Gasteiger partial charge < -0.3 is 16.0 Å². The topological polar surface area (TPSA) is 95.8 Å². The highest BCUT2D eigenvalue weighted by atomic mass is 15.3. The predicted molar refractivity (Wildman–Crippen MR) is 99.1 cm³/mol. The Balaban J connectivity index is 1.42. The van der Waals surface area contributed by atoms with Crippen molar-refractivity contribution in [3.63, 3.8) is 0 Å². The van der Waals surface area contributed by atoms with E-state index in [1.165, 1.54) is 25.0 Å². The van der Waals surface area contributed by atoms with Crippen molar-refractivity contribution in [2.75, 3.05) is 17.3 Å². The summed E-state index contributed by atoms with van der Waals surface area (Å²) < 4.78 is 0. The van der Waals surface area contributed by atoms with E-state index in [0.29, 0.717) is 18.0 Å². The summed E-state index contributed by atoms with van der Waals surface area (Å²) in [5.74, 6) is 2.99. The summed E-state index contributed by atoms with van der Waals surface area (Å²) in [6, 6.07) is 4.79. The second-order valence-electron chi connectivity index (χ2n) is 7.38. The molecule has 2 saturated carbocycles. The van der Waals surface area contributed by atoms with E-state index in [1.54, 1.807) is 6.20 Å². The molecule has 7 heteroatoms. The Kier molecular flexibility index (Phi) is 4.57. The molecule has 7 nitrogen and oxygen atoms in total. The third kappa shape index (κ3) is 3.61. The molecule has 2 aromatic heterocycles. The molecule has 0 radical (unpaired) electrons. The van der Waals surface area contributed by atoms with Gasteiger partial charge in [0, 0.05) is 43.0 Å². The lowest BCUT2D eigenvalue weighted by Crippen LogP contribution is -2.39. The Bertz CT molecular complexity index is 701. The molecular formula is C18H27N7. The molecule has 2 heterocycles. The van der Waals surface area contributed by atoms with E-state index in [4.69, 9.17) is 5.73 Å². The van der Waals surface area contributed by atoms with Gasteiger partial charge in [0.2, 0.25) is 5.95 Å². The van der Waals surface area contributed by atoms with Crippen LogP contribution in [0.3, 0.4) is 0 Å². The zero-order chi connectivity index (χ0) is 17.2. The molecule has 0 bridgehead atoms. The minimum atomic E-state index is 0.350. The standard InChI is InChI=1S/C18H27N7/c1-25(14-7-5-13(19)6-8-14)18-20-10-9-16(22-18)21-17-11-15(23-24-17)12-3-2-4-12/h9-14H,2-8,19H2,1H3,(H2,20,21,22,23,24)/t13-,14-. The van der Waals surface area contributed by atoms with E-state index in [2.05, 4.69) is 43.5 Å². The van der Waals surface area contributed by atoms with Gasteiger partial charge in [0.1, 0.15) is 5.82 Å². The van der Waals surface area contributed by atoms with E-state index in [1.807, 2.05) is 6.07 Å². The predicted octanol–water partition coefficient (Wildman–Crippen LogP) is 2.92. The van der Waals surface area contributed by atoms with Crippen LogP contribution in [0.5, 0.6) is 0 Å². The van der Waals surface area contributed by atoms with Crippen molar-refractivity contribution in [1.29, 1.82) is 0 Å². The average Bonchev–Trinajstić information content (AvgIpc) is 3.01. The third-order valence-corrected chi connectivity index (χ3v) is 5.65. The largest absolute Gasteiger partial charge is 0.341 e. The van der Waals surface area contributed by atoms with Crippen molar-refractivity contribution < 1.29 is 0 Å². The molecule has 0 saturated heterocycles. The number of rotatable bonds is 5. The molecule has 134 valence electrons. The molecule has 2 aliphatic rings. The van der Waals surface area contributed by atoms with E-state index < -0.39 is 0 Å². The summed E-state index contributed by atoms with van der Waals surface area (Å²) in [6.45, 7) is 0. The second-order valence-corrected chi connectivity index (χ2v) is 7.38. The highest BCUT2D eigenvalue weighted by Gasteiger charge is 2.24. The molecule has 4 rings (SSSR count). The van der Waals surface area contributed by atoms with Crippen LogP contribution in [0.25, 0.3) is 0 Å². The fourth-order valence-electron chi connectivity index (χ4n) is 3.70. The normalized spacial score (nSPS) is 23.9. The zero-order valence-corrected chi connectivity index (χ0v) is 14.8.